The molecule has 43 heavy (non-hydrogen) atoms. The lowest BCUT2D eigenvalue weighted by Gasteiger charge is -2.48. The fraction of sp³-hybridized carbons (Fsp3) is 0.560. The van der Waals surface area contributed by atoms with Gasteiger partial charge in [0.05, 0.1) is 18.0 Å². The number of ether oxygens (including phenoxy) is 2. The average molecular weight is 662 g/mol. The number of halogens is 1. The topological polar surface area (TPSA) is 219 Å². The Morgan fingerprint density at radius 3 is 2.63 bits per heavy atom. The number of rotatable bonds is 13. The normalized spacial score (nSPS) is 18.7. The van der Waals surface area contributed by atoms with Crippen LogP contribution in [-0.2, 0) is 38.3 Å². The van der Waals surface area contributed by atoms with Gasteiger partial charge in [0, 0.05) is 11.1 Å². The van der Waals surface area contributed by atoms with Gasteiger partial charge in [-0.25, -0.2) is 9.78 Å². The Morgan fingerprint density at radius 1 is 1.26 bits per heavy atom. The number of nitrogens with two attached hydrogens (primary N) is 1. The summed E-state index contributed by atoms with van der Waals surface area (Å²) in [7, 11) is 1.25. The van der Waals surface area contributed by atoms with Crippen molar-refractivity contribution in [2.45, 2.75) is 57.5 Å². The lowest BCUT2D eigenvalue weighted by molar-refractivity contribution is -0.368. The minimum atomic E-state index is -0.964. The summed E-state index contributed by atoms with van der Waals surface area (Å²) in [6, 6.07) is -1.68. The molecule has 1 saturated heterocycles. The Bertz CT molecular complexity index is 1270. The van der Waals surface area contributed by atoms with E-state index in [1.54, 1.807) is 20.8 Å². The van der Waals surface area contributed by atoms with Crippen molar-refractivity contribution in [1.29, 1.82) is 0 Å². The maximum Gasteiger partial charge on any atom is 0.357 e. The van der Waals surface area contributed by atoms with Crippen molar-refractivity contribution in [3.05, 3.63) is 22.8 Å². The second-order valence-electron chi connectivity index (χ2n) is 10.3. The van der Waals surface area contributed by atoms with E-state index in [1.165, 1.54) is 35.2 Å². The first-order valence-electron chi connectivity index (χ1n) is 13.1. The standard InChI is InChI=1S/C25H35N7O8S2.ClH/c1-25(2,3)23(37)40-12-39-22(36)15-8-10-41-21-17(20(35)32(15)21)29-19(34)16(31-38-4)14-11-42-24(28-14)30-18(33)13(27)7-5-6-9-26;/h8,11,13,17,21H,5-7,9-10,12,26-27H2,1-4H3,(H,29,34)(H,28,30,33);1H/b31-16-;/t13-,17+,21+;/m0./s1. The smallest absolute Gasteiger partial charge is 0.357 e. The number of quaternary nitrogens is 1. The first-order chi connectivity index (χ1) is 19.9. The fourth-order valence-electron chi connectivity index (χ4n) is 3.77. The van der Waals surface area contributed by atoms with Crippen molar-refractivity contribution in [3.8, 4) is 0 Å². The predicted molar refractivity (Wildman–Crippen MR) is 153 cm³/mol. The van der Waals surface area contributed by atoms with Gasteiger partial charge < -0.3 is 48.8 Å². The number of unbranched alkanes of at least 4 members (excludes halogenated alkanes) is 1. The van der Waals surface area contributed by atoms with E-state index >= 15 is 0 Å². The van der Waals surface area contributed by atoms with Crippen LogP contribution in [0.25, 0.3) is 0 Å². The Labute approximate surface area is 262 Å². The van der Waals surface area contributed by atoms with Gasteiger partial charge in [-0.15, -0.1) is 23.1 Å². The van der Waals surface area contributed by atoms with Crippen molar-refractivity contribution in [2.24, 2.45) is 16.3 Å². The van der Waals surface area contributed by atoms with Crippen LogP contribution < -0.4 is 34.5 Å². The number of anilines is 1. The number of β-lactam (4-membered cyclic amide) rings is 1. The number of oxime groups is 1. The van der Waals surface area contributed by atoms with Gasteiger partial charge in [0.15, 0.2) is 10.8 Å². The molecule has 18 heteroatoms. The molecule has 0 radical (unpaired) electrons. The molecule has 0 unspecified atom stereocenters. The molecule has 0 aliphatic carbocycles. The summed E-state index contributed by atoms with van der Waals surface area (Å²) in [5.74, 6) is -2.68. The van der Waals surface area contributed by atoms with E-state index in [0.29, 0.717) is 12.2 Å². The van der Waals surface area contributed by atoms with E-state index in [4.69, 9.17) is 20.0 Å². The number of fused-ring (bicyclic) bond motifs is 1. The predicted octanol–water partition coefficient (Wildman–Crippen LogP) is -3.45. The van der Waals surface area contributed by atoms with Gasteiger partial charge >= 0.3 is 11.9 Å². The van der Waals surface area contributed by atoms with Crippen LogP contribution in [0.3, 0.4) is 0 Å². The van der Waals surface area contributed by atoms with Crippen molar-refractivity contribution >= 4 is 63.6 Å². The lowest BCUT2D eigenvalue weighted by Crippen LogP contribution is -3.00. The molecule has 2 aliphatic heterocycles. The molecular formula is C25H36ClN7O8S2. The second kappa shape index (κ2) is 16.0. The summed E-state index contributed by atoms with van der Waals surface area (Å²) in [4.78, 5) is 73.3. The number of nitrogens with one attached hydrogen (secondary N) is 2. The highest BCUT2D eigenvalue weighted by molar-refractivity contribution is 8.00. The van der Waals surface area contributed by atoms with Gasteiger partial charge in [0.1, 0.15) is 29.9 Å². The molecule has 0 saturated carbocycles. The third-order valence-electron chi connectivity index (χ3n) is 6.06. The molecular weight excluding hydrogens is 626 g/mol. The molecule has 7 N–H and O–H groups in total. The van der Waals surface area contributed by atoms with Crippen LogP contribution in [0, 0.1) is 5.41 Å². The Hall–Kier alpha value is -3.25. The SMILES string of the molecule is CO/N=C(\C(=O)N[C@@H]1C(=O)N2C(C(=O)OCOC(=O)C(C)(C)C)=CCS[C@H]12)c1csc(NC(=O)[C@@H](N)CCCC[NH3+])n1.[Cl-]. The summed E-state index contributed by atoms with van der Waals surface area (Å²) in [5, 5.41) is 10.2. The van der Waals surface area contributed by atoms with Gasteiger partial charge in [-0.1, -0.05) is 5.16 Å². The quantitative estimate of drug-likeness (QED) is 0.0407. The van der Waals surface area contributed by atoms with Gasteiger partial charge in [0.2, 0.25) is 12.7 Å². The molecule has 3 atom stereocenters. The maximum atomic E-state index is 13.1. The van der Waals surface area contributed by atoms with Crippen molar-refractivity contribution in [2.75, 3.05) is 31.5 Å². The van der Waals surface area contributed by atoms with E-state index < -0.39 is 59.3 Å². The monoisotopic (exact) mass is 661 g/mol. The third kappa shape index (κ3) is 9.12. The van der Waals surface area contributed by atoms with Crippen molar-refractivity contribution in [3.63, 3.8) is 0 Å². The number of thioether (sulfide) groups is 1. The van der Waals surface area contributed by atoms with E-state index in [0.717, 1.165) is 30.7 Å². The lowest BCUT2D eigenvalue weighted by atomic mass is 9.98. The van der Waals surface area contributed by atoms with Crippen LogP contribution in [0.4, 0.5) is 5.13 Å². The summed E-state index contributed by atoms with van der Waals surface area (Å²) < 4.78 is 10.00. The fourth-order valence-corrected chi connectivity index (χ4v) is 5.66. The number of carbonyl (C=O) groups is 5. The number of amides is 3. The number of esters is 2. The minimum absolute atomic E-state index is 0. The highest BCUT2D eigenvalue weighted by atomic mass is 35.5. The van der Waals surface area contributed by atoms with Crippen LogP contribution in [-0.4, -0.2) is 88.9 Å². The second-order valence-corrected chi connectivity index (χ2v) is 12.3. The molecule has 1 fully saturated rings. The van der Waals surface area contributed by atoms with Crippen LogP contribution in [0.15, 0.2) is 22.3 Å². The van der Waals surface area contributed by atoms with E-state index in [2.05, 4.69) is 26.5 Å². The van der Waals surface area contributed by atoms with Crippen LogP contribution >= 0.6 is 23.1 Å². The molecule has 1 aromatic heterocycles. The number of carbonyl (C=O) groups excluding carboxylic acids is 5. The molecule has 0 bridgehead atoms. The highest BCUT2D eigenvalue weighted by Gasteiger charge is 2.53. The number of aromatic nitrogens is 1. The summed E-state index contributed by atoms with van der Waals surface area (Å²) in [6.45, 7) is 5.15. The molecule has 15 nitrogen and oxygen atoms in total. The van der Waals surface area contributed by atoms with Crippen LogP contribution in [0.1, 0.15) is 45.7 Å². The Kier molecular flexibility index (Phi) is 13.4. The van der Waals surface area contributed by atoms with Gasteiger partial charge in [0.25, 0.3) is 11.8 Å². The molecule has 3 amide bonds. The molecule has 0 spiro atoms. The zero-order valence-corrected chi connectivity index (χ0v) is 26.6. The van der Waals surface area contributed by atoms with Crippen LogP contribution in [0.2, 0.25) is 0 Å². The largest absolute Gasteiger partial charge is 1.00 e. The minimum Gasteiger partial charge on any atom is -1.00 e. The molecule has 0 aromatic carbocycles. The van der Waals surface area contributed by atoms with Crippen molar-refractivity contribution < 1.29 is 56.4 Å². The Balaban J connectivity index is 0.00000645. The molecule has 2 aliphatic rings. The van der Waals surface area contributed by atoms with Crippen molar-refractivity contribution in [1.82, 2.24) is 15.2 Å². The summed E-state index contributed by atoms with van der Waals surface area (Å²) >= 11 is 2.41. The highest BCUT2D eigenvalue weighted by Crippen LogP contribution is 2.38. The Morgan fingerprint density at radius 2 is 1.98 bits per heavy atom. The molecule has 3 heterocycles. The number of hydrogen-bond acceptors (Lipinski definition) is 13. The zero-order valence-electron chi connectivity index (χ0n) is 24.2. The summed E-state index contributed by atoms with van der Waals surface area (Å²) in [6.07, 6.45) is 3.67. The first kappa shape index (κ1) is 35.9. The van der Waals surface area contributed by atoms with E-state index in [9.17, 15) is 24.0 Å². The third-order valence-corrected chi connectivity index (χ3v) is 8.00. The van der Waals surface area contributed by atoms with Gasteiger partial charge in [-0.3, -0.25) is 24.1 Å². The number of hydrogen-bond donors (Lipinski definition) is 4. The molecule has 238 valence electrons. The molecule has 3 rings (SSSR count). The van der Waals surface area contributed by atoms with Gasteiger partial charge in [-0.05, 0) is 46.1 Å². The first-order valence-corrected chi connectivity index (χ1v) is 15.0. The van der Waals surface area contributed by atoms with Gasteiger partial charge in [-0.2, -0.15) is 0 Å². The number of nitrogens with zero attached hydrogens (tertiary/aromatic N) is 3. The summed E-state index contributed by atoms with van der Waals surface area (Å²) in [5.41, 5.74) is 8.84. The molecule has 1 aromatic rings. The number of thiazole rings is 1. The van der Waals surface area contributed by atoms with Crippen LogP contribution in [0.5, 0.6) is 0 Å². The van der Waals surface area contributed by atoms with E-state index in [-0.39, 0.29) is 34.6 Å². The van der Waals surface area contributed by atoms with E-state index in [1.807, 2.05) is 0 Å². The zero-order chi connectivity index (χ0) is 31.0. The average Bonchev–Trinajstić information content (AvgIpc) is 3.41. The maximum absolute atomic E-state index is 13.1.